The highest BCUT2D eigenvalue weighted by Gasteiger charge is 2.46. The molecule has 0 fully saturated rings. The van der Waals surface area contributed by atoms with Crippen LogP contribution in [0, 0.1) is 0 Å². The van der Waals surface area contributed by atoms with Crippen molar-refractivity contribution in [3.05, 3.63) is 222 Å². The number of aromatic nitrogens is 1. The van der Waals surface area contributed by atoms with E-state index in [1.54, 1.807) is 0 Å². The van der Waals surface area contributed by atoms with Gasteiger partial charge in [0.25, 0.3) is 0 Å². The van der Waals surface area contributed by atoms with Crippen LogP contribution in [0.15, 0.2) is 200 Å². The lowest BCUT2D eigenvalue weighted by Crippen LogP contribution is -2.28. The summed E-state index contributed by atoms with van der Waals surface area (Å²) in [6.45, 7) is 0. The summed E-state index contributed by atoms with van der Waals surface area (Å²) in [5, 5.41) is 2.53. The van der Waals surface area contributed by atoms with Gasteiger partial charge < -0.3 is 4.57 Å². The average Bonchev–Trinajstić information content (AvgIpc) is 3.69. The quantitative estimate of drug-likeness (QED) is 0.177. The van der Waals surface area contributed by atoms with Crippen molar-refractivity contribution < 1.29 is 0 Å². The largest absolute Gasteiger partial charge is 0.309 e. The van der Waals surface area contributed by atoms with Gasteiger partial charge in [0.15, 0.2) is 0 Å². The van der Waals surface area contributed by atoms with E-state index in [2.05, 4.69) is 205 Å². The molecular weight excluding hydrogens is 603 g/mol. The zero-order valence-corrected chi connectivity index (χ0v) is 27.5. The van der Waals surface area contributed by atoms with Gasteiger partial charge in [-0.15, -0.1) is 0 Å². The molecule has 234 valence electrons. The van der Waals surface area contributed by atoms with Crippen molar-refractivity contribution in [3.63, 3.8) is 0 Å². The molecule has 1 heteroatoms. The zero-order chi connectivity index (χ0) is 33.1. The number of benzene rings is 8. The first kappa shape index (κ1) is 28.6. The van der Waals surface area contributed by atoms with E-state index in [0.29, 0.717) is 0 Å². The molecule has 0 atom stereocenters. The number of hydrogen-bond donors (Lipinski definition) is 0. The minimum Gasteiger partial charge on any atom is -0.309 e. The van der Waals surface area contributed by atoms with Crippen molar-refractivity contribution in [2.24, 2.45) is 0 Å². The van der Waals surface area contributed by atoms with Crippen LogP contribution in [-0.2, 0) is 5.41 Å². The van der Waals surface area contributed by atoms with Crippen molar-refractivity contribution in [1.82, 2.24) is 4.57 Å². The van der Waals surface area contributed by atoms with Crippen LogP contribution in [-0.4, -0.2) is 4.57 Å². The van der Waals surface area contributed by atoms with Gasteiger partial charge in [-0.3, -0.25) is 0 Å². The minimum absolute atomic E-state index is 0.417. The first-order chi connectivity index (χ1) is 24.8. The number of para-hydroxylation sites is 2. The van der Waals surface area contributed by atoms with Crippen LogP contribution in [0.5, 0.6) is 0 Å². The van der Waals surface area contributed by atoms with E-state index in [0.717, 1.165) is 0 Å². The van der Waals surface area contributed by atoms with E-state index >= 15 is 0 Å². The number of rotatable bonds is 5. The van der Waals surface area contributed by atoms with Gasteiger partial charge in [0, 0.05) is 16.5 Å². The Bertz CT molecular complexity index is 2640. The fourth-order valence-corrected chi connectivity index (χ4v) is 8.51. The van der Waals surface area contributed by atoms with E-state index in [-0.39, 0.29) is 0 Å². The number of hydrogen-bond acceptors (Lipinski definition) is 0. The summed E-state index contributed by atoms with van der Waals surface area (Å²) in [7, 11) is 0. The summed E-state index contributed by atoms with van der Waals surface area (Å²) >= 11 is 0. The Hall–Kier alpha value is -6.44. The third kappa shape index (κ3) is 4.20. The molecule has 9 aromatic rings. The average molecular weight is 636 g/mol. The monoisotopic (exact) mass is 635 g/mol. The van der Waals surface area contributed by atoms with E-state index in [1.807, 2.05) is 0 Å². The highest BCUT2D eigenvalue weighted by atomic mass is 15.0. The molecule has 0 unspecified atom stereocenters. The standard InChI is InChI=1S/C49H33N/c1-4-17-38(18-5-1)49(39-19-6-2-7-20-39)45-25-12-10-23-41(45)42-29-27-37(33-46(42)49)35-16-14-15-34(31-35)36-28-30-48-44(32-36)43-24-11-13-26-47(43)50(48)40-21-8-3-9-22-40/h1-33H. The third-order valence-corrected chi connectivity index (χ3v) is 10.7. The lowest BCUT2D eigenvalue weighted by atomic mass is 9.67. The third-order valence-electron chi connectivity index (χ3n) is 10.7. The predicted octanol–water partition coefficient (Wildman–Crippen LogP) is 12.5. The van der Waals surface area contributed by atoms with Crippen molar-refractivity contribution >= 4 is 21.8 Å². The maximum absolute atomic E-state index is 2.45. The van der Waals surface area contributed by atoms with E-state index in [9.17, 15) is 0 Å². The first-order valence-electron chi connectivity index (χ1n) is 17.4. The van der Waals surface area contributed by atoms with Crippen LogP contribution in [0.2, 0.25) is 0 Å². The van der Waals surface area contributed by atoms with Gasteiger partial charge in [0.05, 0.1) is 16.4 Å². The predicted molar refractivity (Wildman–Crippen MR) is 209 cm³/mol. The zero-order valence-electron chi connectivity index (χ0n) is 27.5. The summed E-state index contributed by atoms with van der Waals surface area (Å²) in [5.74, 6) is 0. The smallest absolute Gasteiger partial charge is 0.0713 e. The van der Waals surface area contributed by atoms with Crippen LogP contribution in [0.25, 0.3) is 60.9 Å². The molecule has 0 N–H and O–H groups in total. The van der Waals surface area contributed by atoms with Crippen molar-refractivity contribution in [3.8, 4) is 39.1 Å². The fraction of sp³-hybridized carbons (Fsp3) is 0.0204. The Kier molecular flexibility index (Phi) is 6.47. The summed E-state index contributed by atoms with van der Waals surface area (Å²) in [4.78, 5) is 0. The molecule has 8 aromatic carbocycles. The molecule has 0 aliphatic heterocycles. The van der Waals surface area contributed by atoms with Gasteiger partial charge in [-0.05, 0) is 98.1 Å². The summed E-state index contributed by atoms with van der Waals surface area (Å²) in [5.41, 5.74) is 15.9. The second-order valence-electron chi connectivity index (χ2n) is 13.3. The normalized spacial score (nSPS) is 13.0. The number of nitrogens with zero attached hydrogens (tertiary/aromatic N) is 1. The lowest BCUT2D eigenvalue weighted by molar-refractivity contribution is 0.769. The number of fused-ring (bicyclic) bond motifs is 6. The molecule has 1 aliphatic rings. The van der Waals surface area contributed by atoms with Crippen LogP contribution >= 0.6 is 0 Å². The molecule has 1 nitrogen and oxygen atoms in total. The molecule has 0 bridgehead atoms. The second kappa shape index (κ2) is 11.3. The van der Waals surface area contributed by atoms with E-state index < -0.39 is 5.41 Å². The SMILES string of the molecule is c1ccc(-n2c3ccccc3c3cc(-c4cccc(-c5ccc6c(c5)C(c5ccccc5)(c5ccccc5)c5ccccc5-6)c4)ccc32)cc1. The maximum Gasteiger partial charge on any atom is 0.0713 e. The molecule has 50 heavy (non-hydrogen) atoms. The van der Waals surface area contributed by atoms with Gasteiger partial charge in [-0.1, -0.05) is 158 Å². The first-order valence-corrected chi connectivity index (χ1v) is 17.4. The summed E-state index contributed by atoms with van der Waals surface area (Å²) in [6.07, 6.45) is 0. The lowest BCUT2D eigenvalue weighted by Gasteiger charge is -2.34. The molecular formula is C49H33N. The Labute approximate surface area is 292 Å². The van der Waals surface area contributed by atoms with E-state index in [4.69, 9.17) is 0 Å². The van der Waals surface area contributed by atoms with Gasteiger partial charge in [0.2, 0.25) is 0 Å². The van der Waals surface area contributed by atoms with Crippen molar-refractivity contribution in [1.29, 1.82) is 0 Å². The fourth-order valence-electron chi connectivity index (χ4n) is 8.51. The van der Waals surface area contributed by atoms with Gasteiger partial charge in [-0.25, -0.2) is 0 Å². The molecule has 0 saturated carbocycles. The van der Waals surface area contributed by atoms with Crippen LogP contribution < -0.4 is 0 Å². The molecule has 1 aliphatic carbocycles. The highest BCUT2D eigenvalue weighted by molar-refractivity contribution is 6.10. The van der Waals surface area contributed by atoms with Crippen LogP contribution in [0.3, 0.4) is 0 Å². The highest BCUT2D eigenvalue weighted by Crippen LogP contribution is 2.56. The van der Waals surface area contributed by atoms with Crippen LogP contribution in [0.4, 0.5) is 0 Å². The summed E-state index contributed by atoms with van der Waals surface area (Å²) < 4.78 is 2.37. The molecule has 1 aromatic heterocycles. The molecule has 10 rings (SSSR count). The Morgan fingerprint density at radius 3 is 1.60 bits per heavy atom. The van der Waals surface area contributed by atoms with Crippen molar-refractivity contribution in [2.75, 3.05) is 0 Å². The van der Waals surface area contributed by atoms with Gasteiger partial charge in [0.1, 0.15) is 0 Å². The minimum atomic E-state index is -0.417. The Morgan fingerprint density at radius 2 is 0.860 bits per heavy atom. The maximum atomic E-state index is 2.45. The van der Waals surface area contributed by atoms with E-state index in [1.165, 1.54) is 83.1 Å². The molecule has 0 saturated heterocycles. The van der Waals surface area contributed by atoms with Crippen LogP contribution in [0.1, 0.15) is 22.3 Å². The van der Waals surface area contributed by atoms with Gasteiger partial charge in [-0.2, -0.15) is 0 Å². The molecule has 0 amide bonds. The molecule has 0 radical (unpaired) electrons. The second-order valence-corrected chi connectivity index (χ2v) is 13.3. The Morgan fingerprint density at radius 1 is 0.320 bits per heavy atom. The Balaban J connectivity index is 1.14. The van der Waals surface area contributed by atoms with Crippen molar-refractivity contribution in [2.45, 2.75) is 5.41 Å². The van der Waals surface area contributed by atoms with Gasteiger partial charge >= 0.3 is 0 Å². The topological polar surface area (TPSA) is 4.93 Å². The summed E-state index contributed by atoms with van der Waals surface area (Å²) in [6, 6.07) is 73.5. The molecule has 1 heterocycles. The molecule has 0 spiro atoms.